The standard InChI is InChI=1S/C16H19BrN2O7/c1-15(2,3)26-14(24)19-8-16(13(22)23,7-9(19)12(20)21)25-10-5-4-6-18-11(10)17/h4-6,9H,7-8H2,1-3H3,(H,20,21)(H,22,23)/t9-,16+/m0/s1. The first-order chi connectivity index (χ1) is 11.9. The molecule has 142 valence electrons. The summed E-state index contributed by atoms with van der Waals surface area (Å²) in [5, 5.41) is 19.2. The topological polar surface area (TPSA) is 126 Å². The SMILES string of the molecule is CC(C)(C)OC(=O)N1C[C@@](Oc2cccnc2Br)(C(=O)O)C[C@H]1C(=O)O. The molecule has 1 saturated heterocycles. The number of rotatable bonds is 4. The number of likely N-dealkylation sites (tertiary alicyclic amines) is 1. The van der Waals surface area contributed by atoms with Gasteiger partial charge in [0.2, 0.25) is 5.60 Å². The van der Waals surface area contributed by atoms with Crippen molar-refractivity contribution in [2.75, 3.05) is 6.54 Å². The van der Waals surface area contributed by atoms with E-state index in [2.05, 4.69) is 20.9 Å². The van der Waals surface area contributed by atoms with E-state index in [0.29, 0.717) is 0 Å². The highest BCUT2D eigenvalue weighted by atomic mass is 79.9. The number of nitrogens with zero attached hydrogens (tertiary/aromatic N) is 2. The predicted octanol–water partition coefficient (Wildman–Crippen LogP) is 2.14. The number of carbonyl (C=O) groups excluding carboxylic acids is 1. The molecule has 2 atom stereocenters. The van der Waals surface area contributed by atoms with Crippen LogP contribution in [0.4, 0.5) is 4.79 Å². The van der Waals surface area contributed by atoms with Gasteiger partial charge in [0.15, 0.2) is 5.75 Å². The molecule has 2 N–H and O–H groups in total. The van der Waals surface area contributed by atoms with Gasteiger partial charge in [0.1, 0.15) is 16.2 Å². The predicted molar refractivity (Wildman–Crippen MR) is 91.9 cm³/mol. The highest BCUT2D eigenvalue weighted by Crippen LogP contribution is 2.35. The molecule has 0 saturated carbocycles. The molecule has 0 unspecified atom stereocenters. The van der Waals surface area contributed by atoms with Crippen molar-refractivity contribution in [2.24, 2.45) is 0 Å². The summed E-state index contributed by atoms with van der Waals surface area (Å²) in [5.74, 6) is -2.59. The molecule has 0 radical (unpaired) electrons. The third-order valence-corrected chi connectivity index (χ3v) is 4.25. The summed E-state index contributed by atoms with van der Waals surface area (Å²) >= 11 is 3.15. The first-order valence-electron chi connectivity index (χ1n) is 7.70. The maximum absolute atomic E-state index is 12.4. The normalized spacial score (nSPS) is 22.8. The lowest BCUT2D eigenvalue weighted by Gasteiger charge is -2.28. The average Bonchev–Trinajstić information content (AvgIpc) is 2.89. The molecule has 9 nitrogen and oxygen atoms in total. The number of ether oxygens (including phenoxy) is 2. The van der Waals surface area contributed by atoms with Gasteiger partial charge in [-0.1, -0.05) is 0 Å². The van der Waals surface area contributed by atoms with Gasteiger partial charge in [-0.25, -0.2) is 19.4 Å². The van der Waals surface area contributed by atoms with Gasteiger partial charge in [-0.2, -0.15) is 0 Å². The maximum atomic E-state index is 12.4. The molecule has 26 heavy (non-hydrogen) atoms. The van der Waals surface area contributed by atoms with Crippen molar-refractivity contribution >= 4 is 34.0 Å². The molecule has 0 aromatic carbocycles. The number of carboxylic acid groups (broad SMARTS) is 2. The molecule has 1 aromatic heterocycles. The lowest BCUT2D eigenvalue weighted by molar-refractivity contribution is -0.154. The number of hydrogen-bond acceptors (Lipinski definition) is 6. The Morgan fingerprint density at radius 3 is 2.50 bits per heavy atom. The number of pyridine rings is 1. The second kappa shape index (κ2) is 7.10. The molecule has 1 fully saturated rings. The van der Waals surface area contributed by atoms with E-state index in [4.69, 9.17) is 9.47 Å². The van der Waals surface area contributed by atoms with E-state index >= 15 is 0 Å². The van der Waals surface area contributed by atoms with Gasteiger partial charge in [-0.15, -0.1) is 0 Å². The van der Waals surface area contributed by atoms with Gasteiger partial charge in [0.05, 0.1) is 6.54 Å². The Hall–Kier alpha value is -2.36. The molecule has 1 amide bonds. The fourth-order valence-corrected chi connectivity index (χ4v) is 2.87. The number of carboxylic acids is 2. The highest BCUT2D eigenvalue weighted by Gasteiger charge is 2.57. The Morgan fingerprint density at radius 1 is 1.35 bits per heavy atom. The maximum Gasteiger partial charge on any atom is 0.411 e. The number of hydrogen-bond donors (Lipinski definition) is 2. The van der Waals surface area contributed by atoms with Crippen LogP contribution in [0.1, 0.15) is 27.2 Å². The number of aliphatic carboxylic acids is 2. The van der Waals surface area contributed by atoms with Crippen LogP contribution in [0.25, 0.3) is 0 Å². The fraction of sp³-hybridized carbons (Fsp3) is 0.500. The third kappa shape index (κ3) is 4.24. The van der Waals surface area contributed by atoms with Crippen molar-refractivity contribution in [1.29, 1.82) is 0 Å². The molecule has 1 aliphatic rings. The summed E-state index contributed by atoms with van der Waals surface area (Å²) < 4.78 is 11.1. The number of halogens is 1. The molecule has 0 bridgehead atoms. The first kappa shape index (κ1) is 20.0. The van der Waals surface area contributed by atoms with Gasteiger partial charge in [0.25, 0.3) is 0 Å². The van der Waals surface area contributed by atoms with E-state index in [1.54, 1.807) is 26.8 Å². The lowest BCUT2D eigenvalue weighted by Crippen LogP contribution is -2.48. The summed E-state index contributed by atoms with van der Waals surface area (Å²) in [6, 6.07) is 1.65. The zero-order valence-corrected chi connectivity index (χ0v) is 16.0. The zero-order chi connectivity index (χ0) is 19.7. The van der Waals surface area contributed by atoms with E-state index in [-0.39, 0.29) is 10.4 Å². The Kier molecular flexibility index (Phi) is 5.45. The largest absolute Gasteiger partial charge is 0.480 e. The van der Waals surface area contributed by atoms with Crippen LogP contribution >= 0.6 is 15.9 Å². The van der Waals surface area contributed by atoms with Gasteiger partial charge < -0.3 is 19.7 Å². The van der Waals surface area contributed by atoms with Crippen molar-refractivity contribution in [2.45, 2.75) is 44.4 Å². The van der Waals surface area contributed by atoms with Gasteiger partial charge in [0, 0.05) is 12.6 Å². The smallest absolute Gasteiger partial charge is 0.411 e. The van der Waals surface area contributed by atoms with Crippen LogP contribution in [0.3, 0.4) is 0 Å². The van der Waals surface area contributed by atoms with E-state index < -0.39 is 48.2 Å². The van der Waals surface area contributed by atoms with Gasteiger partial charge in [-0.3, -0.25) is 4.90 Å². The third-order valence-electron chi connectivity index (χ3n) is 3.66. The van der Waals surface area contributed by atoms with Crippen LogP contribution in [0.15, 0.2) is 22.9 Å². The van der Waals surface area contributed by atoms with Gasteiger partial charge >= 0.3 is 18.0 Å². The Labute approximate surface area is 158 Å². The molecule has 1 aromatic rings. The summed E-state index contributed by atoms with van der Waals surface area (Å²) in [6.07, 6.45) is 0.131. The molecule has 0 aliphatic carbocycles. The van der Waals surface area contributed by atoms with Crippen LogP contribution < -0.4 is 4.74 Å². The van der Waals surface area contributed by atoms with E-state index in [1.165, 1.54) is 12.3 Å². The van der Waals surface area contributed by atoms with Crippen molar-refractivity contribution < 1.29 is 34.1 Å². The monoisotopic (exact) mass is 430 g/mol. The quantitative estimate of drug-likeness (QED) is 0.695. The fourth-order valence-electron chi connectivity index (χ4n) is 2.54. The van der Waals surface area contributed by atoms with Crippen molar-refractivity contribution in [1.82, 2.24) is 9.88 Å². The van der Waals surface area contributed by atoms with Crippen LogP contribution in [0.5, 0.6) is 5.75 Å². The van der Waals surface area contributed by atoms with E-state index in [9.17, 15) is 24.6 Å². The van der Waals surface area contributed by atoms with Crippen LogP contribution in [-0.2, 0) is 14.3 Å². The zero-order valence-electron chi connectivity index (χ0n) is 14.4. The summed E-state index contributed by atoms with van der Waals surface area (Å²) in [7, 11) is 0. The molecular formula is C16H19BrN2O7. The van der Waals surface area contributed by atoms with Crippen molar-refractivity contribution in [3.05, 3.63) is 22.9 Å². The molecular weight excluding hydrogens is 412 g/mol. The second-order valence-electron chi connectivity index (χ2n) is 6.86. The highest BCUT2D eigenvalue weighted by molar-refractivity contribution is 9.10. The minimum atomic E-state index is -1.94. The molecule has 1 aliphatic heterocycles. The van der Waals surface area contributed by atoms with Crippen LogP contribution in [0, 0.1) is 0 Å². The number of amides is 1. The average molecular weight is 431 g/mol. The summed E-state index contributed by atoms with van der Waals surface area (Å²) in [5.41, 5.74) is -2.80. The van der Waals surface area contributed by atoms with E-state index in [0.717, 1.165) is 4.90 Å². The number of carbonyl (C=O) groups is 3. The molecule has 0 spiro atoms. The molecule has 2 rings (SSSR count). The van der Waals surface area contributed by atoms with Crippen LogP contribution in [0.2, 0.25) is 0 Å². The molecule has 10 heteroatoms. The summed E-state index contributed by atoms with van der Waals surface area (Å²) in [4.78, 5) is 40.7. The van der Waals surface area contributed by atoms with E-state index in [1.807, 2.05) is 0 Å². The van der Waals surface area contributed by atoms with Crippen LogP contribution in [-0.4, -0.2) is 61.9 Å². The Bertz CT molecular complexity index is 734. The van der Waals surface area contributed by atoms with Crippen molar-refractivity contribution in [3.63, 3.8) is 0 Å². The Morgan fingerprint density at radius 2 is 2.00 bits per heavy atom. The van der Waals surface area contributed by atoms with Crippen molar-refractivity contribution in [3.8, 4) is 5.75 Å². The minimum Gasteiger partial charge on any atom is -0.480 e. The lowest BCUT2D eigenvalue weighted by atomic mass is 10.00. The Balaban J connectivity index is 2.36. The second-order valence-corrected chi connectivity index (χ2v) is 7.61. The molecule has 2 heterocycles. The first-order valence-corrected chi connectivity index (χ1v) is 8.50. The number of aromatic nitrogens is 1. The summed E-state index contributed by atoms with van der Waals surface area (Å²) in [6.45, 7) is 4.41. The minimum absolute atomic E-state index is 0.130. The van der Waals surface area contributed by atoms with Gasteiger partial charge in [-0.05, 0) is 48.8 Å².